The van der Waals surface area contributed by atoms with Gasteiger partial charge < -0.3 is 10.6 Å². The van der Waals surface area contributed by atoms with Crippen molar-refractivity contribution < 1.29 is 9.59 Å². The van der Waals surface area contributed by atoms with Crippen LogP contribution in [0, 0.1) is 0 Å². The Bertz CT molecular complexity index is 939. The van der Waals surface area contributed by atoms with Gasteiger partial charge >= 0.3 is 0 Å². The van der Waals surface area contributed by atoms with Gasteiger partial charge in [-0.1, -0.05) is 42.0 Å². The topological polar surface area (TPSA) is 84.0 Å². The van der Waals surface area contributed by atoms with Crippen LogP contribution in [-0.4, -0.2) is 22.0 Å². The summed E-state index contributed by atoms with van der Waals surface area (Å²) in [5.41, 5.74) is 2.05. The molecular formula is C19H17ClN4O2S. The summed E-state index contributed by atoms with van der Waals surface area (Å²) in [7, 11) is 0. The third-order valence-electron chi connectivity index (χ3n) is 3.73. The lowest BCUT2D eigenvalue weighted by Gasteiger charge is -2.07. The first-order valence-electron chi connectivity index (χ1n) is 8.31. The molecule has 0 saturated carbocycles. The molecule has 27 heavy (non-hydrogen) atoms. The Morgan fingerprint density at radius 3 is 2.33 bits per heavy atom. The molecule has 0 unspecified atom stereocenters. The quantitative estimate of drug-likeness (QED) is 0.656. The number of hydrogen-bond donors (Lipinski definition) is 2. The summed E-state index contributed by atoms with van der Waals surface area (Å²) < 4.78 is 0. The molecule has 0 radical (unpaired) electrons. The zero-order valence-electron chi connectivity index (χ0n) is 14.5. The highest BCUT2D eigenvalue weighted by atomic mass is 35.5. The molecule has 0 spiro atoms. The highest BCUT2D eigenvalue weighted by molar-refractivity contribution is 7.13. The number of carbonyl (C=O) groups is 2. The molecule has 0 atom stereocenters. The number of hydrogen-bond acceptors (Lipinski definition) is 5. The maximum absolute atomic E-state index is 12.2. The van der Waals surface area contributed by atoms with Gasteiger partial charge in [0.15, 0.2) is 0 Å². The van der Waals surface area contributed by atoms with E-state index in [1.54, 1.807) is 36.4 Å². The number of nitrogens with zero attached hydrogens (tertiary/aromatic N) is 2. The molecular weight excluding hydrogens is 384 g/mol. The molecule has 2 N–H and O–H groups in total. The van der Waals surface area contributed by atoms with Gasteiger partial charge in [-0.15, -0.1) is 10.2 Å². The van der Waals surface area contributed by atoms with Gasteiger partial charge in [-0.3, -0.25) is 9.59 Å². The van der Waals surface area contributed by atoms with Gasteiger partial charge in [0.25, 0.3) is 11.8 Å². The maximum Gasteiger partial charge on any atom is 0.286 e. The van der Waals surface area contributed by atoms with Crippen LogP contribution in [0.5, 0.6) is 0 Å². The number of anilines is 1. The van der Waals surface area contributed by atoms with Crippen molar-refractivity contribution in [1.29, 1.82) is 0 Å². The number of amides is 2. The SMILES string of the molecule is CCc1nnc(C(=O)Nc2ccc(C(=O)NCc3ccc(Cl)cc3)cc2)s1. The van der Waals surface area contributed by atoms with Crippen LogP contribution in [0.4, 0.5) is 5.69 Å². The summed E-state index contributed by atoms with van der Waals surface area (Å²) in [4.78, 5) is 24.4. The van der Waals surface area contributed by atoms with Crippen LogP contribution < -0.4 is 10.6 Å². The standard InChI is InChI=1S/C19H17ClN4O2S/c1-2-16-23-24-19(27-16)18(26)22-15-9-5-13(6-10-15)17(25)21-11-12-3-7-14(20)8-4-12/h3-10H,2,11H2,1H3,(H,21,25)(H,22,26). The molecule has 2 amide bonds. The lowest BCUT2D eigenvalue weighted by atomic mass is 10.1. The molecule has 3 rings (SSSR count). The molecule has 1 heterocycles. The Morgan fingerprint density at radius 2 is 1.70 bits per heavy atom. The summed E-state index contributed by atoms with van der Waals surface area (Å²) in [6.07, 6.45) is 0.741. The lowest BCUT2D eigenvalue weighted by molar-refractivity contribution is 0.0950. The summed E-state index contributed by atoms with van der Waals surface area (Å²) in [5, 5.41) is 15.2. The third-order valence-corrected chi connectivity index (χ3v) is 5.05. The average molecular weight is 401 g/mol. The fourth-order valence-corrected chi connectivity index (χ4v) is 3.06. The molecule has 0 aliphatic rings. The first-order valence-corrected chi connectivity index (χ1v) is 9.51. The Balaban J connectivity index is 1.56. The van der Waals surface area contributed by atoms with Crippen molar-refractivity contribution in [3.63, 3.8) is 0 Å². The Hall–Kier alpha value is -2.77. The van der Waals surface area contributed by atoms with Crippen molar-refractivity contribution >= 4 is 40.4 Å². The highest BCUT2D eigenvalue weighted by Crippen LogP contribution is 2.15. The third kappa shape index (κ3) is 5.12. The van der Waals surface area contributed by atoms with Gasteiger partial charge in [0.2, 0.25) is 5.01 Å². The normalized spacial score (nSPS) is 10.4. The Morgan fingerprint density at radius 1 is 1.00 bits per heavy atom. The van der Waals surface area contributed by atoms with Crippen LogP contribution in [-0.2, 0) is 13.0 Å². The number of carbonyl (C=O) groups excluding carboxylic acids is 2. The molecule has 0 saturated heterocycles. The fraction of sp³-hybridized carbons (Fsp3) is 0.158. The minimum Gasteiger partial charge on any atom is -0.348 e. The number of halogens is 1. The Labute approximate surface area is 165 Å². The van der Waals surface area contributed by atoms with Crippen LogP contribution in [0.1, 0.15) is 37.7 Å². The van der Waals surface area contributed by atoms with Gasteiger partial charge in [-0.25, -0.2) is 0 Å². The van der Waals surface area contributed by atoms with Gasteiger partial charge in [0.05, 0.1) is 0 Å². The van der Waals surface area contributed by atoms with E-state index in [1.807, 2.05) is 19.1 Å². The summed E-state index contributed by atoms with van der Waals surface area (Å²) in [6.45, 7) is 2.37. The van der Waals surface area contributed by atoms with Crippen molar-refractivity contribution in [2.75, 3.05) is 5.32 Å². The number of aromatic nitrogens is 2. The van der Waals surface area contributed by atoms with E-state index in [-0.39, 0.29) is 11.8 Å². The van der Waals surface area contributed by atoms with Gasteiger partial charge in [0, 0.05) is 22.8 Å². The fourth-order valence-electron chi connectivity index (χ4n) is 2.26. The van der Waals surface area contributed by atoms with Crippen molar-refractivity contribution in [3.8, 4) is 0 Å². The van der Waals surface area contributed by atoms with Crippen LogP contribution in [0.2, 0.25) is 5.02 Å². The zero-order chi connectivity index (χ0) is 19.2. The lowest BCUT2D eigenvalue weighted by Crippen LogP contribution is -2.22. The largest absolute Gasteiger partial charge is 0.348 e. The Kier molecular flexibility index (Phi) is 6.16. The predicted molar refractivity (Wildman–Crippen MR) is 106 cm³/mol. The molecule has 3 aromatic rings. The van der Waals surface area contributed by atoms with E-state index in [0.29, 0.717) is 27.8 Å². The molecule has 0 bridgehead atoms. The van der Waals surface area contributed by atoms with E-state index in [2.05, 4.69) is 20.8 Å². The highest BCUT2D eigenvalue weighted by Gasteiger charge is 2.13. The van der Waals surface area contributed by atoms with Crippen LogP contribution >= 0.6 is 22.9 Å². The maximum atomic E-state index is 12.2. The van der Waals surface area contributed by atoms with Crippen LogP contribution in [0.25, 0.3) is 0 Å². The van der Waals surface area contributed by atoms with Crippen LogP contribution in [0.3, 0.4) is 0 Å². The predicted octanol–water partition coefficient (Wildman–Crippen LogP) is 3.94. The first kappa shape index (κ1) is 19.0. The van der Waals surface area contributed by atoms with Crippen LogP contribution in [0.15, 0.2) is 48.5 Å². The molecule has 1 aromatic heterocycles. The molecule has 2 aromatic carbocycles. The van der Waals surface area contributed by atoms with E-state index in [0.717, 1.165) is 17.0 Å². The second kappa shape index (κ2) is 8.75. The van der Waals surface area contributed by atoms with E-state index in [9.17, 15) is 9.59 Å². The number of benzene rings is 2. The molecule has 6 nitrogen and oxygen atoms in total. The van der Waals surface area contributed by atoms with E-state index in [4.69, 9.17) is 11.6 Å². The minimum absolute atomic E-state index is 0.195. The molecule has 0 fully saturated rings. The molecule has 8 heteroatoms. The van der Waals surface area contributed by atoms with Crippen molar-refractivity contribution in [2.45, 2.75) is 19.9 Å². The van der Waals surface area contributed by atoms with E-state index < -0.39 is 0 Å². The minimum atomic E-state index is -0.313. The zero-order valence-corrected chi connectivity index (χ0v) is 16.1. The monoisotopic (exact) mass is 400 g/mol. The van der Waals surface area contributed by atoms with Gasteiger partial charge in [-0.05, 0) is 48.4 Å². The molecule has 0 aliphatic heterocycles. The smallest absolute Gasteiger partial charge is 0.286 e. The van der Waals surface area contributed by atoms with Crippen molar-refractivity contribution in [1.82, 2.24) is 15.5 Å². The average Bonchev–Trinajstić information content (AvgIpc) is 3.17. The first-order chi connectivity index (χ1) is 13.0. The van der Waals surface area contributed by atoms with Gasteiger partial charge in [-0.2, -0.15) is 0 Å². The second-order valence-corrected chi connectivity index (χ2v) is 7.19. The summed E-state index contributed by atoms with van der Waals surface area (Å²) >= 11 is 7.11. The summed E-state index contributed by atoms with van der Waals surface area (Å²) in [6, 6.07) is 13.9. The summed E-state index contributed by atoms with van der Waals surface area (Å²) in [5.74, 6) is -0.508. The number of nitrogens with one attached hydrogen (secondary N) is 2. The van der Waals surface area contributed by atoms with Crippen molar-refractivity contribution in [2.24, 2.45) is 0 Å². The van der Waals surface area contributed by atoms with Gasteiger partial charge in [0.1, 0.15) is 5.01 Å². The molecule has 138 valence electrons. The number of aryl methyl sites for hydroxylation is 1. The van der Waals surface area contributed by atoms with E-state index >= 15 is 0 Å². The second-order valence-electron chi connectivity index (χ2n) is 5.70. The van der Waals surface area contributed by atoms with Crippen molar-refractivity contribution in [3.05, 3.63) is 74.7 Å². The number of rotatable bonds is 6. The molecule has 0 aliphatic carbocycles. The van der Waals surface area contributed by atoms with E-state index in [1.165, 1.54) is 11.3 Å².